The summed E-state index contributed by atoms with van der Waals surface area (Å²) in [7, 11) is 0. The van der Waals surface area contributed by atoms with E-state index in [1.807, 2.05) is 30.3 Å². The molecule has 0 fully saturated rings. The van der Waals surface area contributed by atoms with Crippen molar-refractivity contribution in [3.63, 3.8) is 0 Å². The van der Waals surface area contributed by atoms with Crippen LogP contribution in [0.15, 0.2) is 66.9 Å². The van der Waals surface area contributed by atoms with Crippen LogP contribution in [0.25, 0.3) is 10.9 Å². The van der Waals surface area contributed by atoms with Gasteiger partial charge in [-0.2, -0.15) is 4.57 Å². The first-order chi connectivity index (χ1) is 10.6. The van der Waals surface area contributed by atoms with E-state index in [-0.39, 0.29) is 17.9 Å². The number of pyridine rings is 1. The van der Waals surface area contributed by atoms with Crippen LogP contribution in [0.4, 0.5) is 0 Å². The lowest BCUT2D eigenvalue weighted by Crippen LogP contribution is -2.38. The van der Waals surface area contributed by atoms with Gasteiger partial charge in [0.15, 0.2) is 6.20 Å². The second kappa shape index (κ2) is 5.77. The predicted molar refractivity (Wildman–Crippen MR) is 81.9 cm³/mol. The highest BCUT2D eigenvalue weighted by molar-refractivity contribution is 5.95. The van der Waals surface area contributed by atoms with Gasteiger partial charge in [-0.3, -0.25) is 4.79 Å². The van der Waals surface area contributed by atoms with Gasteiger partial charge in [-0.15, -0.1) is 0 Å². The Kier molecular flexibility index (Phi) is 3.66. The van der Waals surface area contributed by atoms with Crippen LogP contribution in [0.2, 0.25) is 0 Å². The van der Waals surface area contributed by atoms with Crippen molar-refractivity contribution in [3.8, 4) is 0 Å². The molecule has 0 spiro atoms. The molecule has 3 rings (SSSR count). The largest absolute Gasteiger partial charge is 0.478 e. The molecule has 4 nitrogen and oxygen atoms in total. The van der Waals surface area contributed by atoms with Gasteiger partial charge in [-0.05, 0) is 18.2 Å². The lowest BCUT2D eigenvalue weighted by atomic mass is 10.1. The van der Waals surface area contributed by atoms with Gasteiger partial charge in [0, 0.05) is 23.1 Å². The normalized spacial score (nSPS) is 10.5. The highest BCUT2D eigenvalue weighted by Gasteiger charge is 2.16. The summed E-state index contributed by atoms with van der Waals surface area (Å²) in [6.07, 6.45) is 1.79. The molecule has 0 radical (unpaired) electrons. The van der Waals surface area contributed by atoms with E-state index in [2.05, 4.69) is 0 Å². The third-order valence-electron chi connectivity index (χ3n) is 3.54. The van der Waals surface area contributed by atoms with E-state index in [1.165, 1.54) is 0 Å². The number of aromatic carboxylic acids is 1. The number of aromatic nitrogens is 1. The van der Waals surface area contributed by atoms with Crippen LogP contribution in [0.3, 0.4) is 0 Å². The van der Waals surface area contributed by atoms with Gasteiger partial charge in [-0.1, -0.05) is 30.3 Å². The minimum absolute atomic E-state index is 0.0150. The number of ketones is 1. The maximum atomic E-state index is 12.3. The zero-order chi connectivity index (χ0) is 15.5. The maximum absolute atomic E-state index is 12.3. The van der Waals surface area contributed by atoms with Crippen molar-refractivity contribution >= 4 is 22.7 Å². The van der Waals surface area contributed by atoms with Crippen molar-refractivity contribution in [2.45, 2.75) is 6.54 Å². The summed E-state index contributed by atoms with van der Waals surface area (Å²) in [4.78, 5) is 23.5. The molecule has 2 aromatic carbocycles. The number of benzene rings is 2. The van der Waals surface area contributed by atoms with Crippen molar-refractivity contribution in [2.75, 3.05) is 0 Å². The summed E-state index contributed by atoms with van der Waals surface area (Å²) < 4.78 is 1.77. The molecule has 3 aromatic rings. The van der Waals surface area contributed by atoms with E-state index in [4.69, 9.17) is 5.11 Å². The van der Waals surface area contributed by atoms with Gasteiger partial charge < -0.3 is 5.11 Å². The van der Waals surface area contributed by atoms with Gasteiger partial charge in [-0.25, -0.2) is 4.79 Å². The van der Waals surface area contributed by atoms with Gasteiger partial charge in [0.2, 0.25) is 17.8 Å². The molecule has 22 heavy (non-hydrogen) atoms. The van der Waals surface area contributed by atoms with Crippen molar-refractivity contribution in [1.29, 1.82) is 0 Å². The van der Waals surface area contributed by atoms with E-state index < -0.39 is 5.97 Å². The molecule has 0 aliphatic carbocycles. The number of nitrogens with zero attached hydrogens (tertiary/aromatic N) is 1. The van der Waals surface area contributed by atoms with E-state index in [1.54, 1.807) is 41.1 Å². The molecule has 1 heterocycles. The second-order valence-electron chi connectivity index (χ2n) is 5.00. The van der Waals surface area contributed by atoms with Crippen molar-refractivity contribution in [1.82, 2.24) is 0 Å². The quantitative estimate of drug-likeness (QED) is 0.594. The fourth-order valence-electron chi connectivity index (χ4n) is 2.41. The molecule has 108 valence electrons. The molecule has 0 aliphatic heterocycles. The number of hydrogen-bond acceptors (Lipinski definition) is 2. The first-order valence-electron chi connectivity index (χ1n) is 6.89. The third-order valence-corrected chi connectivity index (χ3v) is 3.54. The van der Waals surface area contributed by atoms with E-state index in [0.29, 0.717) is 5.56 Å². The number of carboxylic acids is 1. The Hall–Kier alpha value is -3.01. The molecule has 0 atom stereocenters. The third kappa shape index (κ3) is 2.72. The Balaban J connectivity index is 2.01. The Morgan fingerprint density at radius 3 is 2.41 bits per heavy atom. The van der Waals surface area contributed by atoms with Crippen molar-refractivity contribution in [2.24, 2.45) is 0 Å². The summed E-state index contributed by atoms with van der Waals surface area (Å²) in [5, 5.41) is 10.0. The number of rotatable bonds is 4. The van der Waals surface area contributed by atoms with Crippen LogP contribution >= 0.6 is 0 Å². The number of carbonyl (C=O) groups excluding carboxylic acids is 1. The number of carbonyl (C=O) groups is 2. The highest BCUT2D eigenvalue weighted by Crippen LogP contribution is 2.12. The Bertz CT molecular complexity index is 857. The van der Waals surface area contributed by atoms with E-state index >= 15 is 0 Å². The fraction of sp³-hybridized carbons (Fsp3) is 0.0556. The molecular weight excluding hydrogens is 278 g/mol. The van der Waals surface area contributed by atoms with Gasteiger partial charge in [0.25, 0.3) is 0 Å². The van der Waals surface area contributed by atoms with Gasteiger partial charge in [0.1, 0.15) is 0 Å². The zero-order valence-corrected chi connectivity index (χ0v) is 11.8. The van der Waals surface area contributed by atoms with E-state index in [9.17, 15) is 9.59 Å². The first kappa shape index (κ1) is 13.9. The van der Waals surface area contributed by atoms with Gasteiger partial charge in [0.05, 0.1) is 5.56 Å². The summed E-state index contributed by atoms with van der Waals surface area (Å²) in [6.45, 7) is 0.171. The Labute approximate surface area is 127 Å². The maximum Gasteiger partial charge on any atom is 0.335 e. The summed E-state index contributed by atoms with van der Waals surface area (Å²) in [5.41, 5.74) is 1.58. The van der Waals surface area contributed by atoms with Crippen LogP contribution in [0.5, 0.6) is 0 Å². The van der Waals surface area contributed by atoms with Crippen molar-refractivity contribution in [3.05, 3.63) is 78.0 Å². The highest BCUT2D eigenvalue weighted by atomic mass is 16.4. The molecule has 4 heteroatoms. The molecule has 0 aliphatic rings. The monoisotopic (exact) mass is 292 g/mol. The SMILES string of the molecule is O=C(O)c1ccc2ccc[n+](CC(=O)c3ccccc3)c2c1. The Morgan fingerprint density at radius 1 is 0.909 bits per heavy atom. The van der Waals surface area contributed by atoms with Crippen molar-refractivity contribution < 1.29 is 19.3 Å². The zero-order valence-electron chi connectivity index (χ0n) is 11.8. The van der Waals surface area contributed by atoms with Crippen LogP contribution in [0, 0.1) is 0 Å². The average molecular weight is 292 g/mol. The standard InChI is InChI=1S/C18H13NO3/c20-17(14-5-2-1-3-6-14)12-19-10-4-7-13-8-9-15(18(21)22)11-16(13)19/h1-11H,12H2/p+1. The smallest absolute Gasteiger partial charge is 0.335 e. The number of fused-ring (bicyclic) bond motifs is 1. The second-order valence-corrected chi connectivity index (χ2v) is 5.00. The molecule has 0 saturated heterocycles. The molecule has 1 N–H and O–H groups in total. The minimum Gasteiger partial charge on any atom is -0.478 e. The average Bonchev–Trinajstić information content (AvgIpc) is 2.55. The van der Waals surface area contributed by atoms with Crippen LogP contribution in [-0.2, 0) is 6.54 Å². The van der Waals surface area contributed by atoms with Gasteiger partial charge >= 0.3 is 5.97 Å². The number of carboxylic acid groups (broad SMARTS) is 1. The number of hydrogen-bond donors (Lipinski definition) is 1. The first-order valence-corrected chi connectivity index (χ1v) is 6.89. The topological polar surface area (TPSA) is 58.2 Å². The Morgan fingerprint density at radius 2 is 1.68 bits per heavy atom. The van der Waals surface area contributed by atoms with Crippen LogP contribution < -0.4 is 4.57 Å². The summed E-state index contributed by atoms with van der Waals surface area (Å²) in [5.74, 6) is -0.995. The minimum atomic E-state index is -0.980. The summed E-state index contributed by atoms with van der Waals surface area (Å²) >= 11 is 0. The van der Waals surface area contributed by atoms with Crippen LogP contribution in [-0.4, -0.2) is 16.9 Å². The predicted octanol–water partition coefficient (Wildman–Crippen LogP) is 2.71. The molecule has 0 amide bonds. The molecule has 0 saturated carbocycles. The molecule has 1 aromatic heterocycles. The molecule has 0 bridgehead atoms. The van der Waals surface area contributed by atoms with E-state index in [0.717, 1.165) is 10.9 Å². The lowest BCUT2D eigenvalue weighted by Gasteiger charge is -2.02. The molecular formula is C18H14NO3+. The number of Topliss-reactive ketones (excluding diaryl/α,β-unsaturated/α-hetero) is 1. The summed E-state index contributed by atoms with van der Waals surface area (Å²) in [6, 6.07) is 17.7. The van der Waals surface area contributed by atoms with Crippen LogP contribution in [0.1, 0.15) is 20.7 Å². The lowest BCUT2D eigenvalue weighted by molar-refractivity contribution is -0.657. The molecule has 0 unspecified atom stereocenters. The fourth-order valence-corrected chi connectivity index (χ4v) is 2.41.